The molecule has 0 aliphatic heterocycles. The van der Waals surface area contributed by atoms with E-state index in [0.29, 0.717) is 10.9 Å². The summed E-state index contributed by atoms with van der Waals surface area (Å²) in [5.41, 5.74) is 3.58. The third-order valence-electron chi connectivity index (χ3n) is 3.59. The summed E-state index contributed by atoms with van der Waals surface area (Å²) in [7, 11) is 0. The number of hydrogen-bond acceptors (Lipinski definition) is 2. The highest BCUT2D eigenvalue weighted by Crippen LogP contribution is 2.36. The molecule has 1 fully saturated rings. The minimum atomic E-state index is -0.263. The number of halogens is 2. The van der Waals surface area contributed by atoms with Crippen molar-refractivity contribution < 1.29 is 4.39 Å². The van der Waals surface area contributed by atoms with Crippen molar-refractivity contribution in [1.29, 1.82) is 0 Å². The lowest BCUT2D eigenvalue weighted by Gasteiger charge is -2.30. The predicted molar refractivity (Wildman–Crippen MR) is 68.0 cm³/mol. The van der Waals surface area contributed by atoms with Crippen molar-refractivity contribution in [3.05, 3.63) is 34.6 Å². The summed E-state index contributed by atoms with van der Waals surface area (Å²) in [6.07, 6.45) is 5.97. The van der Waals surface area contributed by atoms with Crippen LogP contribution in [0.25, 0.3) is 0 Å². The highest BCUT2D eigenvalue weighted by molar-refractivity contribution is 6.31. The summed E-state index contributed by atoms with van der Waals surface area (Å²) in [4.78, 5) is 0. The number of rotatable bonds is 3. The van der Waals surface area contributed by atoms with Gasteiger partial charge in [-0.25, -0.2) is 4.39 Å². The summed E-state index contributed by atoms with van der Waals surface area (Å²) >= 11 is 6.13. The average Bonchev–Trinajstić information content (AvgIpc) is 2.36. The summed E-state index contributed by atoms with van der Waals surface area (Å²) in [6, 6.07) is 4.42. The fourth-order valence-electron chi connectivity index (χ4n) is 2.70. The zero-order valence-corrected chi connectivity index (χ0v) is 10.5. The molecule has 0 saturated heterocycles. The molecule has 1 aromatic rings. The van der Waals surface area contributed by atoms with E-state index in [1.807, 2.05) is 0 Å². The Labute approximate surface area is 106 Å². The molecule has 0 bridgehead atoms. The molecular weight excluding hydrogens is 239 g/mol. The first-order valence-electron chi connectivity index (χ1n) is 6.13. The van der Waals surface area contributed by atoms with Crippen LogP contribution >= 0.6 is 11.6 Å². The minimum Gasteiger partial charge on any atom is -0.271 e. The SMILES string of the molecule is NNC(c1cc(F)ccc1Cl)C1CCCCC1. The third kappa shape index (κ3) is 2.97. The van der Waals surface area contributed by atoms with Crippen molar-refractivity contribution in [1.82, 2.24) is 5.43 Å². The number of benzene rings is 1. The van der Waals surface area contributed by atoms with Gasteiger partial charge in [0.1, 0.15) is 5.82 Å². The monoisotopic (exact) mass is 256 g/mol. The van der Waals surface area contributed by atoms with Gasteiger partial charge >= 0.3 is 0 Å². The zero-order valence-electron chi connectivity index (χ0n) is 9.76. The lowest BCUT2D eigenvalue weighted by molar-refractivity contribution is 0.273. The maximum absolute atomic E-state index is 13.3. The molecule has 4 heteroatoms. The molecule has 0 aromatic heterocycles. The molecule has 1 aliphatic carbocycles. The van der Waals surface area contributed by atoms with E-state index in [0.717, 1.165) is 18.4 Å². The molecule has 1 saturated carbocycles. The van der Waals surface area contributed by atoms with Crippen LogP contribution in [0.4, 0.5) is 4.39 Å². The van der Waals surface area contributed by atoms with Crippen LogP contribution in [0, 0.1) is 11.7 Å². The molecule has 1 aliphatic rings. The van der Waals surface area contributed by atoms with Gasteiger partial charge in [-0.15, -0.1) is 0 Å². The van der Waals surface area contributed by atoms with Crippen LogP contribution < -0.4 is 11.3 Å². The molecule has 1 atom stereocenters. The Morgan fingerprint density at radius 1 is 1.29 bits per heavy atom. The zero-order chi connectivity index (χ0) is 12.3. The lowest BCUT2D eigenvalue weighted by Crippen LogP contribution is -2.34. The molecule has 0 heterocycles. The Hall–Kier alpha value is -0.640. The molecule has 2 rings (SSSR count). The average molecular weight is 257 g/mol. The van der Waals surface area contributed by atoms with Gasteiger partial charge < -0.3 is 0 Å². The van der Waals surface area contributed by atoms with Gasteiger partial charge in [0.05, 0.1) is 6.04 Å². The highest BCUT2D eigenvalue weighted by Gasteiger charge is 2.25. The number of hydrazine groups is 1. The summed E-state index contributed by atoms with van der Waals surface area (Å²) in [6.45, 7) is 0. The van der Waals surface area contributed by atoms with Crippen molar-refractivity contribution in [2.45, 2.75) is 38.1 Å². The van der Waals surface area contributed by atoms with Gasteiger partial charge in [0.25, 0.3) is 0 Å². The van der Waals surface area contributed by atoms with Gasteiger partial charge in [0.15, 0.2) is 0 Å². The smallest absolute Gasteiger partial charge is 0.123 e. The highest BCUT2D eigenvalue weighted by atomic mass is 35.5. The van der Waals surface area contributed by atoms with Crippen LogP contribution in [0.15, 0.2) is 18.2 Å². The second-order valence-corrected chi connectivity index (χ2v) is 5.12. The van der Waals surface area contributed by atoms with Crippen LogP contribution in [0.1, 0.15) is 43.7 Å². The van der Waals surface area contributed by atoms with Gasteiger partial charge in [0, 0.05) is 5.02 Å². The predicted octanol–water partition coefficient (Wildman–Crippen LogP) is 3.56. The Kier molecular flexibility index (Phi) is 4.37. The van der Waals surface area contributed by atoms with Crippen molar-refractivity contribution in [3.8, 4) is 0 Å². The van der Waals surface area contributed by atoms with Crippen LogP contribution in [0.3, 0.4) is 0 Å². The second kappa shape index (κ2) is 5.80. The molecule has 1 aromatic carbocycles. The largest absolute Gasteiger partial charge is 0.271 e. The summed E-state index contributed by atoms with van der Waals surface area (Å²) < 4.78 is 13.3. The van der Waals surface area contributed by atoms with Crippen molar-refractivity contribution >= 4 is 11.6 Å². The van der Waals surface area contributed by atoms with E-state index < -0.39 is 0 Å². The van der Waals surface area contributed by atoms with Crippen molar-refractivity contribution in [3.63, 3.8) is 0 Å². The minimum absolute atomic E-state index is 0.0431. The number of nitrogens with two attached hydrogens (primary N) is 1. The molecule has 3 N–H and O–H groups in total. The van der Waals surface area contributed by atoms with Gasteiger partial charge in [-0.1, -0.05) is 30.9 Å². The van der Waals surface area contributed by atoms with Gasteiger partial charge in [-0.05, 0) is 42.5 Å². The normalized spacial score (nSPS) is 19.2. The molecule has 0 amide bonds. The Balaban J connectivity index is 2.24. The van der Waals surface area contributed by atoms with E-state index in [2.05, 4.69) is 5.43 Å². The van der Waals surface area contributed by atoms with Crippen LogP contribution in [-0.2, 0) is 0 Å². The standard InChI is InChI=1S/C13H18ClFN2/c14-12-7-6-10(15)8-11(12)13(17-16)9-4-2-1-3-5-9/h6-9,13,17H,1-5,16H2. The van der Waals surface area contributed by atoms with Crippen molar-refractivity contribution in [2.75, 3.05) is 0 Å². The van der Waals surface area contributed by atoms with E-state index >= 15 is 0 Å². The Bertz CT molecular complexity index is 378. The van der Waals surface area contributed by atoms with E-state index in [-0.39, 0.29) is 11.9 Å². The Morgan fingerprint density at radius 3 is 2.65 bits per heavy atom. The first-order valence-corrected chi connectivity index (χ1v) is 6.51. The fourth-order valence-corrected chi connectivity index (χ4v) is 2.94. The summed E-state index contributed by atoms with van der Waals surface area (Å²) in [5.74, 6) is 5.81. The topological polar surface area (TPSA) is 38.0 Å². The summed E-state index contributed by atoms with van der Waals surface area (Å²) in [5, 5.41) is 0.583. The van der Waals surface area contributed by atoms with Gasteiger partial charge in [-0.3, -0.25) is 11.3 Å². The second-order valence-electron chi connectivity index (χ2n) is 4.71. The number of hydrogen-bond donors (Lipinski definition) is 2. The maximum atomic E-state index is 13.3. The van der Waals surface area contributed by atoms with Crippen LogP contribution in [0.5, 0.6) is 0 Å². The molecule has 17 heavy (non-hydrogen) atoms. The number of nitrogens with one attached hydrogen (secondary N) is 1. The van der Waals surface area contributed by atoms with E-state index in [9.17, 15) is 4.39 Å². The van der Waals surface area contributed by atoms with Gasteiger partial charge in [0.2, 0.25) is 0 Å². The molecule has 1 unspecified atom stereocenters. The molecule has 0 radical (unpaired) electrons. The van der Waals surface area contributed by atoms with Crippen LogP contribution in [-0.4, -0.2) is 0 Å². The quantitative estimate of drug-likeness (QED) is 0.641. The molecule has 0 spiro atoms. The van der Waals surface area contributed by atoms with E-state index in [1.165, 1.54) is 31.4 Å². The van der Waals surface area contributed by atoms with Crippen LogP contribution in [0.2, 0.25) is 5.02 Å². The molecule has 94 valence electrons. The first-order chi connectivity index (χ1) is 8.22. The van der Waals surface area contributed by atoms with E-state index in [1.54, 1.807) is 6.07 Å². The van der Waals surface area contributed by atoms with E-state index in [4.69, 9.17) is 17.4 Å². The first kappa shape index (κ1) is 12.8. The lowest BCUT2D eigenvalue weighted by atomic mass is 9.81. The molecule has 2 nitrogen and oxygen atoms in total. The fraction of sp³-hybridized carbons (Fsp3) is 0.538. The Morgan fingerprint density at radius 2 is 2.00 bits per heavy atom. The van der Waals surface area contributed by atoms with Gasteiger partial charge in [-0.2, -0.15) is 0 Å². The van der Waals surface area contributed by atoms with Crippen molar-refractivity contribution in [2.24, 2.45) is 11.8 Å². The maximum Gasteiger partial charge on any atom is 0.123 e. The molecular formula is C13H18ClFN2. The third-order valence-corrected chi connectivity index (χ3v) is 3.94.